The summed E-state index contributed by atoms with van der Waals surface area (Å²) in [5.41, 5.74) is 2.44. The van der Waals surface area contributed by atoms with Gasteiger partial charge in [0.05, 0.1) is 11.9 Å². The SMILES string of the molecule is O=S(=O)(CCC1CCCO1)N1CC=C(c2ccccc2)CC1. The molecule has 0 saturated carbocycles. The van der Waals surface area contributed by atoms with Gasteiger partial charge in [0, 0.05) is 19.7 Å². The molecule has 0 radical (unpaired) electrons. The predicted octanol–water partition coefficient (Wildman–Crippen LogP) is 2.67. The normalized spacial score (nSPS) is 23.5. The first-order valence-electron chi connectivity index (χ1n) is 7.99. The van der Waals surface area contributed by atoms with Gasteiger partial charge in [0.15, 0.2) is 0 Å². The summed E-state index contributed by atoms with van der Waals surface area (Å²) in [6.45, 7) is 1.84. The third-order valence-electron chi connectivity index (χ3n) is 4.43. The number of rotatable bonds is 5. The van der Waals surface area contributed by atoms with Crippen LogP contribution in [-0.2, 0) is 14.8 Å². The largest absolute Gasteiger partial charge is 0.378 e. The molecule has 1 fully saturated rings. The van der Waals surface area contributed by atoms with Gasteiger partial charge >= 0.3 is 0 Å². The van der Waals surface area contributed by atoms with Gasteiger partial charge in [0.25, 0.3) is 0 Å². The van der Waals surface area contributed by atoms with E-state index in [0.29, 0.717) is 19.5 Å². The van der Waals surface area contributed by atoms with E-state index in [1.807, 2.05) is 24.3 Å². The molecule has 1 saturated heterocycles. The molecule has 0 N–H and O–H groups in total. The lowest BCUT2D eigenvalue weighted by Crippen LogP contribution is -2.37. The van der Waals surface area contributed by atoms with E-state index in [2.05, 4.69) is 12.1 Å². The molecule has 3 rings (SSSR count). The zero-order valence-electron chi connectivity index (χ0n) is 12.8. The van der Waals surface area contributed by atoms with Crippen molar-refractivity contribution in [2.45, 2.75) is 31.8 Å². The molecular formula is C17H23NO3S. The van der Waals surface area contributed by atoms with Crippen LogP contribution in [0.25, 0.3) is 5.57 Å². The Morgan fingerprint density at radius 2 is 2.05 bits per heavy atom. The smallest absolute Gasteiger partial charge is 0.214 e. The van der Waals surface area contributed by atoms with Gasteiger partial charge in [-0.3, -0.25) is 0 Å². The summed E-state index contributed by atoms with van der Waals surface area (Å²) < 4.78 is 32.0. The van der Waals surface area contributed by atoms with Crippen molar-refractivity contribution in [1.29, 1.82) is 0 Å². The van der Waals surface area contributed by atoms with Crippen LogP contribution < -0.4 is 0 Å². The summed E-state index contributed by atoms with van der Waals surface area (Å²) in [5, 5.41) is 0. The van der Waals surface area contributed by atoms with Crippen molar-refractivity contribution in [2.24, 2.45) is 0 Å². The maximum Gasteiger partial charge on any atom is 0.214 e. The van der Waals surface area contributed by atoms with E-state index in [-0.39, 0.29) is 11.9 Å². The Morgan fingerprint density at radius 1 is 1.23 bits per heavy atom. The van der Waals surface area contributed by atoms with Gasteiger partial charge in [0.2, 0.25) is 10.0 Å². The molecule has 0 aromatic heterocycles. The Bertz CT molecular complexity index is 619. The van der Waals surface area contributed by atoms with Crippen LogP contribution >= 0.6 is 0 Å². The molecule has 0 bridgehead atoms. The van der Waals surface area contributed by atoms with Crippen molar-refractivity contribution in [2.75, 3.05) is 25.4 Å². The van der Waals surface area contributed by atoms with Crippen LogP contribution in [0.2, 0.25) is 0 Å². The fourth-order valence-electron chi connectivity index (χ4n) is 3.10. The molecule has 120 valence electrons. The van der Waals surface area contributed by atoms with E-state index < -0.39 is 10.0 Å². The van der Waals surface area contributed by atoms with Gasteiger partial charge in [-0.25, -0.2) is 8.42 Å². The van der Waals surface area contributed by atoms with E-state index in [1.54, 1.807) is 4.31 Å². The lowest BCUT2D eigenvalue weighted by Gasteiger charge is -2.26. The molecule has 5 heteroatoms. The van der Waals surface area contributed by atoms with E-state index in [0.717, 1.165) is 25.9 Å². The first kappa shape index (κ1) is 15.7. The molecule has 22 heavy (non-hydrogen) atoms. The minimum atomic E-state index is -3.17. The molecule has 4 nitrogen and oxygen atoms in total. The highest BCUT2D eigenvalue weighted by molar-refractivity contribution is 7.89. The van der Waals surface area contributed by atoms with Gasteiger partial charge in [-0.05, 0) is 36.8 Å². The molecule has 1 aromatic rings. The quantitative estimate of drug-likeness (QED) is 0.837. The van der Waals surface area contributed by atoms with E-state index in [4.69, 9.17) is 4.74 Å². The Morgan fingerprint density at radius 3 is 2.68 bits per heavy atom. The van der Waals surface area contributed by atoms with Crippen LogP contribution in [-0.4, -0.2) is 44.3 Å². The number of nitrogens with zero attached hydrogens (tertiary/aromatic N) is 1. The molecule has 1 aromatic carbocycles. The minimum Gasteiger partial charge on any atom is -0.378 e. The van der Waals surface area contributed by atoms with Crippen molar-refractivity contribution >= 4 is 15.6 Å². The minimum absolute atomic E-state index is 0.134. The summed E-state index contributed by atoms with van der Waals surface area (Å²) >= 11 is 0. The fraction of sp³-hybridized carbons (Fsp3) is 0.529. The molecule has 0 aliphatic carbocycles. The first-order valence-corrected chi connectivity index (χ1v) is 9.60. The van der Waals surface area contributed by atoms with Crippen LogP contribution in [0.15, 0.2) is 36.4 Å². The van der Waals surface area contributed by atoms with E-state index in [9.17, 15) is 8.42 Å². The highest BCUT2D eigenvalue weighted by Gasteiger charge is 2.26. The zero-order valence-corrected chi connectivity index (χ0v) is 13.6. The van der Waals surface area contributed by atoms with Crippen LogP contribution in [0.1, 0.15) is 31.2 Å². The average molecular weight is 321 g/mol. The maximum atomic E-state index is 12.4. The van der Waals surface area contributed by atoms with Crippen molar-refractivity contribution in [1.82, 2.24) is 4.31 Å². The van der Waals surface area contributed by atoms with Crippen LogP contribution in [0.5, 0.6) is 0 Å². The highest BCUT2D eigenvalue weighted by Crippen LogP contribution is 2.24. The van der Waals surface area contributed by atoms with Crippen molar-refractivity contribution in [3.63, 3.8) is 0 Å². The predicted molar refractivity (Wildman–Crippen MR) is 88.0 cm³/mol. The second kappa shape index (κ2) is 6.94. The first-order chi connectivity index (χ1) is 10.6. The number of ether oxygens (including phenoxy) is 1. The topological polar surface area (TPSA) is 46.6 Å². The van der Waals surface area contributed by atoms with E-state index in [1.165, 1.54) is 11.1 Å². The third-order valence-corrected chi connectivity index (χ3v) is 6.30. The molecule has 0 spiro atoms. The molecular weight excluding hydrogens is 298 g/mol. The lowest BCUT2D eigenvalue weighted by molar-refractivity contribution is 0.108. The van der Waals surface area contributed by atoms with Gasteiger partial charge < -0.3 is 4.74 Å². The molecule has 1 unspecified atom stereocenters. The van der Waals surface area contributed by atoms with Crippen LogP contribution in [0.3, 0.4) is 0 Å². The molecule has 1 atom stereocenters. The molecule has 2 aliphatic rings. The third kappa shape index (κ3) is 3.77. The zero-order chi connectivity index (χ0) is 15.4. The van der Waals surface area contributed by atoms with Gasteiger partial charge in [-0.2, -0.15) is 4.31 Å². The van der Waals surface area contributed by atoms with Crippen molar-refractivity contribution in [3.05, 3.63) is 42.0 Å². The van der Waals surface area contributed by atoms with Crippen LogP contribution in [0.4, 0.5) is 0 Å². The number of hydrogen-bond acceptors (Lipinski definition) is 3. The monoisotopic (exact) mass is 321 g/mol. The molecule has 2 aliphatic heterocycles. The summed E-state index contributed by atoms with van der Waals surface area (Å²) in [5.74, 6) is 0.201. The van der Waals surface area contributed by atoms with Crippen molar-refractivity contribution < 1.29 is 13.2 Å². The summed E-state index contributed by atoms with van der Waals surface area (Å²) in [7, 11) is -3.17. The van der Waals surface area contributed by atoms with Gasteiger partial charge in [0.1, 0.15) is 0 Å². The fourth-order valence-corrected chi connectivity index (χ4v) is 4.59. The van der Waals surface area contributed by atoms with Gasteiger partial charge in [-0.15, -0.1) is 0 Å². The standard InChI is InChI=1S/C17H23NO3S/c19-22(20,14-10-17-7-4-13-21-17)18-11-8-16(9-12-18)15-5-2-1-3-6-15/h1-3,5-6,8,17H,4,7,9-14H2. The Labute approximate surface area is 132 Å². The Kier molecular flexibility index (Phi) is 4.96. The van der Waals surface area contributed by atoms with E-state index >= 15 is 0 Å². The summed E-state index contributed by atoms with van der Waals surface area (Å²) in [6, 6.07) is 10.2. The van der Waals surface area contributed by atoms with Crippen molar-refractivity contribution in [3.8, 4) is 0 Å². The number of benzene rings is 1. The second-order valence-corrected chi connectivity index (χ2v) is 8.03. The Hall–Kier alpha value is -1.17. The molecule has 2 heterocycles. The Balaban J connectivity index is 1.58. The number of sulfonamides is 1. The average Bonchev–Trinajstić information content (AvgIpc) is 3.08. The lowest BCUT2D eigenvalue weighted by atomic mass is 10.0. The van der Waals surface area contributed by atoms with Crippen LogP contribution in [0, 0.1) is 0 Å². The maximum absolute atomic E-state index is 12.4. The van der Waals surface area contributed by atoms with Gasteiger partial charge in [-0.1, -0.05) is 36.4 Å². The summed E-state index contributed by atoms with van der Waals surface area (Å²) in [4.78, 5) is 0. The molecule has 0 amide bonds. The summed E-state index contributed by atoms with van der Waals surface area (Å²) in [6.07, 6.45) is 5.63. The number of hydrogen-bond donors (Lipinski definition) is 0. The second-order valence-electron chi connectivity index (χ2n) is 5.94. The highest BCUT2D eigenvalue weighted by atomic mass is 32.2.